The molecule has 1 N–H and O–H groups in total. The summed E-state index contributed by atoms with van der Waals surface area (Å²) in [5, 5.41) is 2.94. The summed E-state index contributed by atoms with van der Waals surface area (Å²) in [4.78, 5) is 13.6. The Balaban J connectivity index is 3.67. The number of carbonyl (C=O) groups is 1. The lowest BCUT2D eigenvalue weighted by Gasteiger charge is -2.21. The molecule has 0 heterocycles. The van der Waals surface area contributed by atoms with Crippen LogP contribution in [0.4, 0.5) is 0 Å². The first-order valence-electron chi connectivity index (χ1n) is 6.73. The number of hydrogen-bond donors (Lipinski definition) is 1. The number of nitrogens with one attached hydrogen (secondary N) is 1. The fourth-order valence-electron chi connectivity index (χ4n) is 1.58. The summed E-state index contributed by atoms with van der Waals surface area (Å²) < 4.78 is 0. The molecule has 0 aliphatic rings. The van der Waals surface area contributed by atoms with E-state index in [4.69, 9.17) is 0 Å². The lowest BCUT2D eigenvalue weighted by atomic mass is 10.2. The average Bonchev–Trinajstić information content (AvgIpc) is 2.31. The summed E-state index contributed by atoms with van der Waals surface area (Å²) in [6, 6.07) is 0. The van der Waals surface area contributed by atoms with Gasteiger partial charge in [-0.05, 0) is 25.9 Å². The highest BCUT2D eigenvalue weighted by Crippen LogP contribution is 1.98. The van der Waals surface area contributed by atoms with Gasteiger partial charge >= 0.3 is 0 Å². The minimum absolute atomic E-state index is 0.158. The normalized spacial score (nSPS) is 10.8. The molecule has 0 aliphatic carbocycles. The van der Waals surface area contributed by atoms with Gasteiger partial charge in [-0.25, -0.2) is 0 Å². The summed E-state index contributed by atoms with van der Waals surface area (Å²) in [6.45, 7) is 10.4. The Hall–Kier alpha value is -0.570. The maximum Gasteiger partial charge on any atom is 0.219 e. The van der Waals surface area contributed by atoms with Crippen molar-refractivity contribution in [2.75, 3.05) is 26.2 Å². The molecule has 0 saturated carbocycles. The minimum atomic E-state index is 0.158. The van der Waals surface area contributed by atoms with Crippen LogP contribution in [0, 0.1) is 0 Å². The lowest BCUT2D eigenvalue weighted by Crippen LogP contribution is -2.35. The Morgan fingerprint density at radius 3 is 2.00 bits per heavy atom. The SMILES string of the molecule is CCCCN(CCCC)CCNC(=O)CC. The van der Waals surface area contributed by atoms with Crippen molar-refractivity contribution in [1.82, 2.24) is 10.2 Å². The van der Waals surface area contributed by atoms with Gasteiger partial charge < -0.3 is 10.2 Å². The third kappa shape index (κ3) is 8.72. The number of unbranched alkanes of at least 4 members (excludes halogenated alkanes) is 2. The van der Waals surface area contributed by atoms with Crippen LogP contribution in [-0.4, -0.2) is 37.0 Å². The number of amides is 1. The van der Waals surface area contributed by atoms with E-state index in [2.05, 4.69) is 24.1 Å². The van der Waals surface area contributed by atoms with Gasteiger partial charge in [0, 0.05) is 19.5 Å². The van der Waals surface area contributed by atoms with Gasteiger partial charge in [0.25, 0.3) is 0 Å². The maximum atomic E-state index is 11.1. The van der Waals surface area contributed by atoms with E-state index in [9.17, 15) is 4.79 Å². The zero-order chi connectivity index (χ0) is 12.2. The fraction of sp³-hybridized carbons (Fsp3) is 0.923. The molecular weight excluding hydrogens is 200 g/mol. The van der Waals surface area contributed by atoms with Gasteiger partial charge in [0.05, 0.1) is 0 Å². The number of carbonyl (C=O) groups excluding carboxylic acids is 1. The molecule has 0 aromatic carbocycles. The molecule has 0 spiro atoms. The topological polar surface area (TPSA) is 32.3 Å². The van der Waals surface area contributed by atoms with Crippen molar-refractivity contribution in [2.24, 2.45) is 0 Å². The van der Waals surface area contributed by atoms with Crippen LogP contribution >= 0.6 is 0 Å². The summed E-state index contributed by atoms with van der Waals surface area (Å²) in [7, 11) is 0. The van der Waals surface area contributed by atoms with E-state index in [-0.39, 0.29) is 5.91 Å². The van der Waals surface area contributed by atoms with Crippen molar-refractivity contribution in [1.29, 1.82) is 0 Å². The molecule has 3 nitrogen and oxygen atoms in total. The summed E-state index contributed by atoms with van der Waals surface area (Å²) in [5.74, 6) is 0.158. The second-order valence-electron chi connectivity index (χ2n) is 4.25. The molecule has 0 aliphatic heterocycles. The molecule has 0 fully saturated rings. The molecule has 0 saturated heterocycles. The molecule has 3 heteroatoms. The molecular formula is C13H28N2O. The van der Waals surface area contributed by atoms with Crippen molar-refractivity contribution in [3.05, 3.63) is 0 Å². The van der Waals surface area contributed by atoms with Crippen LogP contribution in [0.1, 0.15) is 52.9 Å². The van der Waals surface area contributed by atoms with Crippen LogP contribution in [0.2, 0.25) is 0 Å². The maximum absolute atomic E-state index is 11.1. The van der Waals surface area contributed by atoms with Crippen LogP contribution < -0.4 is 5.32 Å². The van der Waals surface area contributed by atoms with Crippen molar-refractivity contribution >= 4 is 5.91 Å². The average molecular weight is 228 g/mol. The Bertz CT molecular complexity index is 163. The van der Waals surface area contributed by atoms with Gasteiger partial charge in [-0.15, -0.1) is 0 Å². The predicted molar refractivity (Wildman–Crippen MR) is 69.6 cm³/mol. The van der Waals surface area contributed by atoms with Gasteiger partial charge in [-0.1, -0.05) is 33.6 Å². The zero-order valence-electron chi connectivity index (χ0n) is 11.2. The Morgan fingerprint density at radius 1 is 1.00 bits per heavy atom. The van der Waals surface area contributed by atoms with Crippen molar-refractivity contribution < 1.29 is 4.79 Å². The lowest BCUT2D eigenvalue weighted by molar-refractivity contribution is -0.120. The molecule has 1 amide bonds. The molecule has 0 bridgehead atoms. The molecule has 16 heavy (non-hydrogen) atoms. The highest BCUT2D eigenvalue weighted by Gasteiger charge is 2.04. The van der Waals surface area contributed by atoms with E-state index in [0.29, 0.717) is 6.42 Å². The highest BCUT2D eigenvalue weighted by molar-refractivity contribution is 5.75. The van der Waals surface area contributed by atoms with E-state index >= 15 is 0 Å². The number of hydrogen-bond acceptors (Lipinski definition) is 2. The van der Waals surface area contributed by atoms with Crippen LogP contribution in [0.5, 0.6) is 0 Å². The van der Waals surface area contributed by atoms with Crippen LogP contribution in [-0.2, 0) is 4.79 Å². The van der Waals surface area contributed by atoms with Gasteiger partial charge in [0.15, 0.2) is 0 Å². The largest absolute Gasteiger partial charge is 0.355 e. The Morgan fingerprint density at radius 2 is 1.56 bits per heavy atom. The van der Waals surface area contributed by atoms with Crippen molar-refractivity contribution in [3.63, 3.8) is 0 Å². The smallest absolute Gasteiger partial charge is 0.219 e. The second kappa shape index (κ2) is 10.9. The molecule has 0 atom stereocenters. The standard InChI is InChI=1S/C13H28N2O/c1-4-7-10-15(11-8-5-2)12-9-14-13(16)6-3/h4-12H2,1-3H3,(H,14,16). The summed E-state index contributed by atoms with van der Waals surface area (Å²) in [6.07, 6.45) is 5.58. The van der Waals surface area contributed by atoms with Crippen molar-refractivity contribution in [3.8, 4) is 0 Å². The molecule has 0 aromatic rings. The Labute approximate surface area is 101 Å². The summed E-state index contributed by atoms with van der Waals surface area (Å²) >= 11 is 0. The first-order valence-corrected chi connectivity index (χ1v) is 6.73. The molecule has 0 unspecified atom stereocenters. The first-order chi connectivity index (χ1) is 7.74. The fourth-order valence-corrected chi connectivity index (χ4v) is 1.58. The summed E-state index contributed by atoms with van der Waals surface area (Å²) in [5.41, 5.74) is 0. The minimum Gasteiger partial charge on any atom is -0.355 e. The van der Waals surface area contributed by atoms with Gasteiger partial charge in [-0.2, -0.15) is 0 Å². The quantitative estimate of drug-likeness (QED) is 0.623. The highest BCUT2D eigenvalue weighted by atomic mass is 16.1. The van der Waals surface area contributed by atoms with E-state index in [1.165, 1.54) is 38.8 Å². The van der Waals surface area contributed by atoms with Crippen molar-refractivity contribution in [2.45, 2.75) is 52.9 Å². The zero-order valence-corrected chi connectivity index (χ0v) is 11.2. The monoisotopic (exact) mass is 228 g/mol. The molecule has 0 aromatic heterocycles. The van der Waals surface area contributed by atoms with Crippen LogP contribution in [0.3, 0.4) is 0 Å². The van der Waals surface area contributed by atoms with E-state index in [0.717, 1.165) is 13.1 Å². The van der Waals surface area contributed by atoms with Gasteiger partial charge in [-0.3, -0.25) is 4.79 Å². The van der Waals surface area contributed by atoms with Crippen LogP contribution in [0.15, 0.2) is 0 Å². The molecule has 0 rings (SSSR count). The molecule has 0 radical (unpaired) electrons. The van der Waals surface area contributed by atoms with Gasteiger partial charge in [0.1, 0.15) is 0 Å². The Kier molecular flexibility index (Phi) is 10.5. The van der Waals surface area contributed by atoms with E-state index < -0.39 is 0 Å². The van der Waals surface area contributed by atoms with Crippen LogP contribution in [0.25, 0.3) is 0 Å². The third-order valence-corrected chi connectivity index (χ3v) is 2.73. The first kappa shape index (κ1) is 15.4. The van der Waals surface area contributed by atoms with Gasteiger partial charge in [0.2, 0.25) is 5.91 Å². The predicted octanol–water partition coefficient (Wildman–Crippen LogP) is 2.41. The third-order valence-electron chi connectivity index (χ3n) is 2.73. The number of nitrogens with zero attached hydrogens (tertiary/aromatic N) is 1. The molecule has 96 valence electrons. The van der Waals surface area contributed by atoms with E-state index in [1.807, 2.05) is 6.92 Å². The second-order valence-corrected chi connectivity index (χ2v) is 4.25. The van der Waals surface area contributed by atoms with E-state index in [1.54, 1.807) is 0 Å². The number of rotatable bonds is 10.